The number of anilines is 2. The molecule has 4 rings (SSSR count). The van der Waals surface area contributed by atoms with Crippen molar-refractivity contribution in [2.75, 3.05) is 25.5 Å². The zero-order valence-corrected chi connectivity index (χ0v) is 18.0. The first-order valence-electron chi connectivity index (χ1n) is 10.1. The number of carbonyl (C=O) groups excluding carboxylic acids is 2. The molecule has 1 aromatic heterocycles. The summed E-state index contributed by atoms with van der Waals surface area (Å²) in [5.41, 5.74) is 2.16. The van der Waals surface area contributed by atoms with Crippen molar-refractivity contribution >= 4 is 34.0 Å². The highest BCUT2D eigenvalue weighted by molar-refractivity contribution is 7.14. The molecule has 8 heteroatoms. The summed E-state index contributed by atoms with van der Waals surface area (Å²) in [4.78, 5) is 31.3. The molecule has 1 atom stereocenters. The molecule has 2 amide bonds. The number of benzene rings is 2. The number of methoxy groups -OCH3 is 1. The van der Waals surface area contributed by atoms with Gasteiger partial charge < -0.3 is 20.3 Å². The zero-order valence-electron chi connectivity index (χ0n) is 17.2. The second-order valence-corrected chi connectivity index (χ2v) is 8.13. The Hall–Kier alpha value is -3.39. The van der Waals surface area contributed by atoms with Crippen LogP contribution in [-0.2, 0) is 4.79 Å². The third kappa shape index (κ3) is 5.21. The number of rotatable bonds is 8. The third-order valence-electron chi connectivity index (χ3n) is 5.16. The lowest BCUT2D eigenvalue weighted by molar-refractivity contribution is -0.128. The second kappa shape index (κ2) is 9.61. The summed E-state index contributed by atoms with van der Waals surface area (Å²) >= 11 is 1.36. The highest BCUT2D eigenvalue weighted by atomic mass is 32.1. The van der Waals surface area contributed by atoms with E-state index in [1.54, 1.807) is 12.5 Å². The van der Waals surface area contributed by atoms with Gasteiger partial charge in [-0.05, 0) is 36.2 Å². The van der Waals surface area contributed by atoms with Crippen LogP contribution in [0.15, 0.2) is 60.0 Å². The first-order valence-corrected chi connectivity index (χ1v) is 11.0. The van der Waals surface area contributed by atoms with Gasteiger partial charge in [0.1, 0.15) is 11.4 Å². The number of hydrogen-bond acceptors (Lipinski definition) is 6. The minimum Gasteiger partial charge on any atom is -0.497 e. The van der Waals surface area contributed by atoms with E-state index in [1.807, 2.05) is 59.5 Å². The van der Waals surface area contributed by atoms with Gasteiger partial charge in [-0.3, -0.25) is 9.59 Å². The number of thiazole rings is 1. The molecule has 7 nitrogen and oxygen atoms in total. The lowest BCUT2D eigenvalue weighted by atomic mass is 10.1. The minimum atomic E-state index is -0.296. The molecule has 2 heterocycles. The van der Waals surface area contributed by atoms with Gasteiger partial charge in [0.2, 0.25) is 5.91 Å². The van der Waals surface area contributed by atoms with Crippen molar-refractivity contribution in [3.05, 3.63) is 71.2 Å². The van der Waals surface area contributed by atoms with Crippen LogP contribution in [0.3, 0.4) is 0 Å². The Morgan fingerprint density at radius 3 is 2.65 bits per heavy atom. The maximum Gasteiger partial charge on any atom is 0.271 e. The van der Waals surface area contributed by atoms with E-state index < -0.39 is 0 Å². The molecule has 1 aliphatic rings. The molecular formula is C23H24N4O3S. The fourth-order valence-corrected chi connectivity index (χ4v) is 4.21. The van der Waals surface area contributed by atoms with Crippen LogP contribution in [0.4, 0.5) is 10.8 Å². The number of amides is 2. The molecular weight excluding hydrogens is 412 g/mol. The second-order valence-electron chi connectivity index (χ2n) is 7.27. The molecule has 0 saturated carbocycles. The lowest BCUT2D eigenvalue weighted by Gasteiger charge is -2.25. The number of nitrogens with one attached hydrogen (secondary N) is 2. The number of likely N-dealkylation sites (tertiary alicyclic amines) is 1. The average molecular weight is 437 g/mol. The van der Waals surface area contributed by atoms with Gasteiger partial charge in [-0.25, -0.2) is 4.98 Å². The fourth-order valence-electron chi connectivity index (χ4n) is 3.50. The number of hydrogen-bond donors (Lipinski definition) is 2. The summed E-state index contributed by atoms with van der Waals surface area (Å²) in [5.74, 6) is 0.641. The Morgan fingerprint density at radius 1 is 1.19 bits per heavy atom. The Bertz CT molecular complexity index is 1040. The monoisotopic (exact) mass is 436 g/mol. The number of ether oxygens (including phenoxy) is 1. The smallest absolute Gasteiger partial charge is 0.271 e. The van der Waals surface area contributed by atoms with Crippen molar-refractivity contribution in [3.8, 4) is 5.75 Å². The van der Waals surface area contributed by atoms with E-state index in [0.717, 1.165) is 30.0 Å². The summed E-state index contributed by atoms with van der Waals surface area (Å²) in [6.45, 7) is 1.18. The van der Waals surface area contributed by atoms with Crippen molar-refractivity contribution in [1.82, 2.24) is 15.2 Å². The molecule has 2 aromatic carbocycles. The van der Waals surface area contributed by atoms with Crippen molar-refractivity contribution in [2.24, 2.45) is 0 Å². The Balaban J connectivity index is 1.45. The van der Waals surface area contributed by atoms with Crippen molar-refractivity contribution in [1.29, 1.82) is 0 Å². The van der Waals surface area contributed by atoms with Gasteiger partial charge in [0.15, 0.2) is 5.13 Å². The molecule has 0 aliphatic carbocycles. The number of aromatic nitrogens is 1. The SMILES string of the molecule is COc1ccc(Nc2nc(C(=O)NC(CN3CCCC3=O)c3ccccc3)cs2)cc1. The summed E-state index contributed by atoms with van der Waals surface area (Å²) in [6.07, 6.45) is 1.43. The highest BCUT2D eigenvalue weighted by Gasteiger charge is 2.26. The first-order chi connectivity index (χ1) is 15.1. The Labute approximate surface area is 185 Å². The van der Waals surface area contributed by atoms with E-state index in [2.05, 4.69) is 15.6 Å². The van der Waals surface area contributed by atoms with E-state index in [0.29, 0.717) is 23.8 Å². The normalized spacial score (nSPS) is 14.4. The zero-order chi connectivity index (χ0) is 21.6. The van der Waals surface area contributed by atoms with Crippen LogP contribution in [0.2, 0.25) is 0 Å². The van der Waals surface area contributed by atoms with E-state index in [9.17, 15) is 9.59 Å². The standard InChI is InChI=1S/C23H24N4O3S/c1-30-18-11-9-17(10-12-18)24-23-26-20(15-31-23)22(29)25-19(16-6-3-2-4-7-16)14-27-13-5-8-21(27)28/h2-4,6-7,9-12,15,19H,5,8,13-14H2,1H3,(H,24,26)(H,25,29). The molecule has 0 bridgehead atoms. The quantitative estimate of drug-likeness (QED) is 0.558. The maximum absolute atomic E-state index is 12.9. The largest absolute Gasteiger partial charge is 0.497 e. The fraction of sp³-hybridized carbons (Fsp3) is 0.261. The lowest BCUT2D eigenvalue weighted by Crippen LogP contribution is -2.38. The molecule has 2 N–H and O–H groups in total. The van der Waals surface area contributed by atoms with E-state index in [1.165, 1.54) is 11.3 Å². The van der Waals surface area contributed by atoms with Crippen molar-refractivity contribution < 1.29 is 14.3 Å². The van der Waals surface area contributed by atoms with Gasteiger partial charge in [-0.15, -0.1) is 11.3 Å². The van der Waals surface area contributed by atoms with E-state index in [4.69, 9.17) is 4.74 Å². The van der Waals surface area contributed by atoms with Crippen molar-refractivity contribution in [2.45, 2.75) is 18.9 Å². The predicted molar refractivity (Wildman–Crippen MR) is 121 cm³/mol. The van der Waals surface area contributed by atoms with Crippen LogP contribution in [0.1, 0.15) is 34.9 Å². The predicted octanol–water partition coefficient (Wildman–Crippen LogP) is 3.99. The topological polar surface area (TPSA) is 83.6 Å². The van der Waals surface area contributed by atoms with Crippen molar-refractivity contribution in [3.63, 3.8) is 0 Å². The molecule has 1 aliphatic heterocycles. The third-order valence-corrected chi connectivity index (χ3v) is 5.92. The molecule has 1 unspecified atom stereocenters. The Morgan fingerprint density at radius 2 is 1.97 bits per heavy atom. The highest BCUT2D eigenvalue weighted by Crippen LogP contribution is 2.24. The van der Waals surface area contributed by atoms with Crippen LogP contribution in [0.25, 0.3) is 0 Å². The van der Waals surface area contributed by atoms with Gasteiger partial charge >= 0.3 is 0 Å². The van der Waals surface area contributed by atoms with Crippen LogP contribution >= 0.6 is 11.3 Å². The molecule has 1 saturated heterocycles. The minimum absolute atomic E-state index is 0.134. The van der Waals surface area contributed by atoms with Crippen LogP contribution in [0.5, 0.6) is 5.75 Å². The Kier molecular flexibility index (Phi) is 6.47. The molecule has 0 radical (unpaired) electrons. The maximum atomic E-state index is 12.9. The van der Waals surface area contributed by atoms with Gasteiger partial charge in [-0.1, -0.05) is 30.3 Å². The van der Waals surface area contributed by atoms with Gasteiger partial charge in [-0.2, -0.15) is 0 Å². The van der Waals surface area contributed by atoms with Gasteiger partial charge in [0, 0.05) is 30.6 Å². The van der Waals surface area contributed by atoms with Crippen LogP contribution < -0.4 is 15.4 Å². The van der Waals surface area contributed by atoms with Gasteiger partial charge in [0.25, 0.3) is 5.91 Å². The average Bonchev–Trinajstić information content (AvgIpc) is 3.43. The molecule has 3 aromatic rings. The molecule has 1 fully saturated rings. The summed E-state index contributed by atoms with van der Waals surface area (Å²) in [6, 6.07) is 16.9. The summed E-state index contributed by atoms with van der Waals surface area (Å²) in [7, 11) is 1.62. The van der Waals surface area contributed by atoms with Crippen LogP contribution in [-0.4, -0.2) is 41.9 Å². The van der Waals surface area contributed by atoms with Crippen LogP contribution in [0, 0.1) is 0 Å². The summed E-state index contributed by atoms with van der Waals surface area (Å²) in [5, 5.41) is 8.61. The summed E-state index contributed by atoms with van der Waals surface area (Å²) < 4.78 is 5.16. The molecule has 160 valence electrons. The number of carbonyl (C=O) groups is 2. The first kappa shape index (κ1) is 20.9. The van der Waals surface area contributed by atoms with E-state index >= 15 is 0 Å². The molecule has 31 heavy (non-hydrogen) atoms. The number of nitrogens with zero attached hydrogens (tertiary/aromatic N) is 2. The van der Waals surface area contributed by atoms with E-state index in [-0.39, 0.29) is 17.9 Å². The molecule has 0 spiro atoms. The van der Waals surface area contributed by atoms with Gasteiger partial charge in [0.05, 0.1) is 13.2 Å².